The van der Waals surface area contributed by atoms with Crippen LogP contribution in [0, 0.1) is 19.8 Å². The molecule has 1 aromatic rings. The van der Waals surface area contributed by atoms with E-state index in [1.54, 1.807) is 0 Å². The van der Waals surface area contributed by atoms with Crippen LogP contribution in [0.25, 0.3) is 0 Å². The van der Waals surface area contributed by atoms with Crippen molar-refractivity contribution in [3.8, 4) is 0 Å². The van der Waals surface area contributed by atoms with Gasteiger partial charge in [0, 0.05) is 31.2 Å². The van der Waals surface area contributed by atoms with Crippen molar-refractivity contribution in [2.45, 2.75) is 58.9 Å². The molecule has 3 rings (SSSR count). The quantitative estimate of drug-likeness (QED) is 0.818. The first-order chi connectivity index (χ1) is 13.5. The molecule has 1 N–H and O–H groups in total. The van der Waals surface area contributed by atoms with E-state index in [9.17, 15) is 9.59 Å². The summed E-state index contributed by atoms with van der Waals surface area (Å²) in [5.41, 5.74) is 2.93. The van der Waals surface area contributed by atoms with Crippen molar-refractivity contribution in [1.29, 1.82) is 0 Å². The van der Waals surface area contributed by atoms with Gasteiger partial charge in [-0.2, -0.15) is 0 Å². The number of likely N-dealkylation sites (tertiary alicyclic amines) is 2. The summed E-state index contributed by atoms with van der Waals surface area (Å²) in [5.74, 6) is 0.0635. The zero-order chi connectivity index (χ0) is 20.1. The Labute approximate surface area is 169 Å². The van der Waals surface area contributed by atoms with Crippen LogP contribution in [0.5, 0.6) is 0 Å². The highest BCUT2D eigenvalue weighted by molar-refractivity contribution is 5.95. The molecule has 2 fully saturated rings. The lowest BCUT2D eigenvalue weighted by molar-refractivity contribution is -0.127. The van der Waals surface area contributed by atoms with Gasteiger partial charge >= 0.3 is 0 Å². The molecule has 5 nitrogen and oxygen atoms in total. The maximum Gasteiger partial charge on any atom is 0.253 e. The SMILES string of the molecule is CC[C@@H](CN1CCCC1)NC(=O)[C@@H]1CCCN(C(=O)c2cc(C)cc(C)c2)C1. The van der Waals surface area contributed by atoms with E-state index in [0.29, 0.717) is 6.54 Å². The van der Waals surface area contributed by atoms with Gasteiger partial charge in [-0.05, 0) is 71.2 Å². The van der Waals surface area contributed by atoms with Crippen molar-refractivity contribution in [1.82, 2.24) is 15.1 Å². The molecule has 0 radical (unpaired) electrons. The van der Waals surface area contributed by atoms with Crippen LogP contribution in [0.15, 0.2) is 18.2 Å². The van der Waals surface area contributed by atoms with Crippen LogP contribution in [-0.4, -0.2) is 60.4 Å². The molecule has 2 aliphatic heterocycles. The number of rotatable bonds is 6. The molecule has 1 aromatic carbocycles. The molecular formula is C23H35N3O2. The molecule has 0 saturated carbocycles. The van der Waals surface area contributed by atoms with Crippen molar-refractivity contribution in [3.63, 3.8) is 0 Å². The zero-order valence-corrected chi connectivity index (χ0v) is 17.7. The molecular weight excluding hydrogens is 350 g/mol. The van der Waals surface area contributed by atoms with Crippen molar-refractivity contribution < 1.29 is 9.59 Å². The van der Waals surface area contributed by atoms with Gasteiger partial charge in [-0.25, -0.2) is 0 Å². The van der Waals surface area contributed by atoms with Gasteiger partial charge in [-0.3, -0.25) is 9.59 Å². The summed E-state index contributed by atoms with van der Waals surface area (Å²) in [7, 11) is 0. The van der Waals surface area contributed by atoms with Crippen molar-refractivity contribution in [2.75, 3.05) is 32.7 Å². The third kappa shape index (κ3) is 5.34. The predicted octanol–water partition coefficient (Wildman–Crippen LogP) is 3.15. The summed E-state index contributed by atoms with van der Waals surface area (Å²) in [6, 6.07) is 6.18. The van der Waals surface area contributed by atoms with E-state index in [-0.39, 0.29) is 23.8 Å². The Balaban J connectivity index is 1.58. The topological polar surface area (TPSA) is 52.7 Å². The highest BCUT2D eigenvalue weighted by Gasteiger charge is 2.30. The summed E-state index contributed by atoms with van der Waals surface area (Å²) < 4.78 is 0. The number of amides is 2. The number of piperidine rings is 1. The summed E-state index contributed by atoms with van der Waals surface area (Å²) in [6.45, 7) is 10.7. The van der Waals surface area contributed by atoms with Gasteiger partial charge in [0.05, 0.1) is 5.92 Å². The third-order valence-electron chi connectivity index (χ3n) is 6.06. The van der Waals surface area contributed by atoms with Crippen LogP contribution in [0.3, 0.4) is 0 Å². The first kappa shape index (κ1) is 20.8. The van der Waals surface area contributed by atoms with Gasteiger partial charge in [0.15, 0.2) is 0 Å². The van der Waals surface area contributed by atoms with E-state index in [0.717, 1.165) is 62.1 Å². The Morgan fingerprint density at radius 2 is 1.75 bits per heavy atom. The number of nitrogens with zero attached hydrogens (tertiary/aromatic N) is 2. The molecule has 2 saturated heterocycles. The molecule has 5 heteroatoms. The van der Waals surface area contributed by atoms with Gasteiger partial charge < -0.3 is 15.1 Å². The average Bonchev–Trinajstić information content (AvgIpc) is 3.19. The molecule has 0 aromatic heterocycles. The minimum Gasteiger partial charge on any atom is -0.352 e. The van der Waals surface area contributed by atoms with E-state index in [4.69, 9.17) is 0 Å². The molecule has 2 aliphatic rings. The largest absolute Gasteiger partial charge is 0.352 e. The first-order valence-electron chi connectivity index (χ1n) is 10.9. The fraction of sp³-hybridized carbons (Fsp3) is 0.652. The van der Waals surface area contributed by atoms with Crippen molar-refractivity contribution in [3.05, 3.63) is 34.9 Å². The number of hydrogen-bond acceptors (Lipinski definition) is 3. The fourth-order valence-corrected chi connectivity index (χ4v) is 4.53. The fourth-order valence-electron chi connectivity index (χ4n) is 4.53. The second kappa shape index (κ2) is 9.55. The molecule has 154 valence electrons. The maximum atomic E-state index is 13.0. The standard InChI is InChI=1S/C23H35N3O2/c1-4-21(16-25-9-5-6-10-25)24-22(27)19-8-7-11-26(15-19)23(28)20-13-17(2)12-18(3)14-20/h12-14,19,21H,4-11,15-16H2,1-3H3,(H,24,27)/t19-,21+/m1/s1. The van der Waals surface area contributed by atoms with Crippen LogP contribution in [0.1, 0.15) is 60.5 Å². The minimum absolute atomic E-state index is 0.0495. The van der Waals surface area contributed by atoms with Crippen molar-refractivity contribution >= 4 is 11.8 Å². The van der Waals surface area contributed by atoms with Crippen LogP contribution in [0.2, 0.25) is 0 Å². The molecule has 0 spiro atoms. The van der Waals surface area contributed by atoms with Gasteiger partial charge in [0.2, 0.25) is 5.91 Å². The molecule has 2 amide bonds. The van der Waals surface area contributed by atoms with Crippen LogP contribution < -0.4 is 5.32 Å². The number of benzene rings is 1. The van der Waals surface area contributed by atoms with Gasteiger partial charge in [-0.15, -0.1) is 0 Å². The minimum atomic E-state index is -0.101. The Hall–Kier alpha value is -1.88. The number of aryl methyl sites for hydroxylation is 2. The number of carbonyl (C=O) groups excluding carboxylic acids is 2. The summed E-state index contributed by atoms with van der Waals surface area (Å²) in [5, 5.41) is 3.26. The number of hydrogen-bond donors (Lipinski definition) is 1. The molecule has 0 aliphatic carbocycles. The Morgan fingerprint density at radius 3 is 2.39 bits per heavy atom. The second-order valence-corrected chi connectivity index (χ2v) is 8.59. The van der Waals surface area contributed by atoms with Gasteiger partial charge in [0.1, 0.15) is 0 Å². The molecule has 0 unspecified atom stereocenters. The highest BCUT2D eigenvalue weighted by atomic mass is 16.2. The van der Waals surface area contributed by atoms with E-state index in [2.05, 4.69) is 23.2 Å². The number of carbonyl (C=O) groups is 2. The summed E-state index contributed by atoms with van der Waals surface area (Å²) in [6.07, 6.45) is 5.23. The van der Waals surface area contributed by atoms with Crippen molar-refractivity contribution in [2.24, 2.45) is 5.92 Å². The lowest BCUT2D eigenvalue weighted by Gasteiger charge is -2.33. The molecule has 0 bridgehead atoms. The van der Waals surface area contributed by atoms with Gasteiger partial charge in [0.25, 0.3) is 5.91 Å². The van der Waals surface area contributed by atoms with Crippen LogP contribution in [0.4, 0.5) is 0 Å². The zero-order valence-electron chi connectivity index (χ0n) is 17.7. The lowest BCUT2D eigenvalue weighted by Crippen LogP contribution is -2.49. The highest BCUT2D eigenvalue weighted by Crippen LogP contribution is 2.20. The summed E-state index contributed by atoms with van der Waals surface area (Å²) in [4.78, 5) is 30.2. The molecule has 2 atom stereocenters. The first-order valence-corrected chi connectivity index (χ1v) is 10.9. The Morgan fingerprint density at radius 1 is 1.07 bits per heavy atom. The van der Waals surface area contributed by atoms with E-state index >= 15 is 0 Å². The monoisotopic (exact) mass is 385 g/mol. The average molecular weight is 386 g/mol. The lowest BCUT2D eigenvalue weighted by atomic mass is 9.95. The van der Waals surface area contributed by atoms with Crippen LogP contribution >= 0.6 is 0 Å². The number of nitrogens with one attached hydrogen (secondary N) is 1. The summed E-state index contributed by atoms with van der Waals surface area (Å²) >= 11 is 0. The molecule has 28 heavy (non-hydrogen) atoms. The van der Waals surface area contributed by atoms with E-state index < -0.39 is 0 Å². The van der Waals surface area contributed by atoms with E-state index in [1.807, 2.05) is 30.9 Å². The smallest absolute Gasteiger partial charge is 0.253 e. The van der Waals surface area contributed by atoms with Crippen LogP contribution in [-0.2, 0) is 4.79 Å². The normalized spacial score (nSPS) is 21.5. The predicted molar refractivity (Wildman–Crippen MR) is 112 cm³/mol. The molecule has 2 heterocycles. The van der Waals surface area contributed by atoms with Gasteiger partial charge in [-0.1, -0.05) is 24.1 Å². The Kier molecular flexibility index (Phi) is 7.11. The maximum absolute atomic E-state index is 13.0. The third-order valence-corrected chi connectivity index (χ3v) is 6.06. The Bertz CT molecular complexity index is 677. The second-order valence-electron chi connectivity index (χ2n) is 8.59. The van der Waals surface area contributed by atoms with E-state index in [1.165, 1.54) is 12.8 Å².